The first-order valence-electron chi connectivity index (χ1n) is 7.57. The Morgan fingerprint density at radius 3 is 2.25 bits per heavy atom. The number of hydrogen-bond acceptors (Lipinski definition) is 4. The van der Waals surface area contributed by atoms with Gasteiger partial charge in [0.1, 0.15) is 4.21 Å². The summed E-state index contributed by atoms with van der Waals surface area (Å²) in [5.41, 5.74) is 1.83. The van der Waals surface area contributed by atoms with Gasteiger partial charge < -0.3 is 5.32 Å². The summed E-state index contributed by atoms with van der Waals surface area (Å²) in [6.45, 7) is 7.86. The van der Waals surface area contributed by atoms with Crippen LogP contribution in [0.2, 0.25) is 0 Å². The molecule has 24 heavy (non-hydrogen) atoms. The molecule has 0 aliphatic heterocycles. The molecule has 0 saturated heterocycles. The topological polar surface area (TPSA) is 75.3 Å². The van der Waals surface area contributed by atoms with E-state index in [0.29, 0.717) is 5.69 Å². The Morgan fingerprint density at radius 1 is 1.12 bits per heavy atom. The van der Waals surface area contributed by atoms with Crippen molar-refractivity contribution in [1.82, 2.24) is 4.72 Å². The smallest absolute Gasteiger partial charge is 0.250 e. The van der Waals surface area contributed by atoms with E-state index in [4.69, 9.17) is 0 Å². The largest absolute Gasteiger partial charge is 0.325 e. The summed E-state index contributed by atoms with van der Waals surface area (Å²) >= 11 is 1.11. The van der Waals surface area contributed by atoms with Crippen LogP contribution in [0.25, 0.3) is 0 Å². The fourth-order valence-electron chi connectivity index (χ4n) is 2.06. The Bertz CT molecular complexity index is 789. The van der Waals surface area contributed by atoms with Gasteiger partial charge >= 0.3 is 0 Å². The van der Waals surface area contributed by atoms with Crippen LogP contribution >= 0.6 is 11.3 Å². The average Bonchev–Trinajstić information content (AvgIpc) is 3.01. The van der Waals surface area contributed by atoms with E-state index >= 15 is 0 Å². The maximum absolute atomic E-state index is 12.2. The predicted octanol–water partition coefficient (Wildman–Crippen LogP) is 3.35. The standard InChI is InChI=1S/C17H22N2O3S2/c1-12(19-24(21,22)15-6-5-11-23-15)16(20)18-14-9-7-13(8-10-14)17(2,3)4/h5-12,19H,1-4H3,(H,18,20). The van der Waals surface area contributed by atoms with Crippen LogP contribution in [0, 0.1) is 0 Å². The van der Waals surface area contributed by atoms with E-state index in [-0.39, 0.29) is 9.62 Å². The van der Waals surface area contributed by atoms with Crippen molar-refractivity contribution in [3.8, 4) is 0 Å². The van der Waals surface area contributed by atoms with E-state index in [1.807, 2.05) is 24.3 Å². The van der Waals surface area contributed by atoms with Crippen molar-refractivity contribution in [1.29, 1.82) is 0 Å². The molecule has 1 atom stereocenters. The second-order valence-corrected chi connectivity index (χ2v) is 9.48. The lowest BCUT2D eigenvalue weighted by molar-refractivity contribution is -0.117. The molecule has 0 saturated carbocycles. The van der Waals surface area contributed by atoms with Gasteiger partial charge in [-0.05, 0) is 41.5 Å². The summed E-state index contributed by atoms with van der Waals surface area (Å²) in [7, 11) is -3.67. The molecule has 1 aromatic heterocycles. The lowest BCUT2D eigenvalue weighted by Gasteiger charge is -2.19. The van der Waals surface area contributed by atoms with Crippen molar-refractivity contribution < 1.29 is 13.2 Å². The summed E-state index contributed by atoms with van der Waals surface area (Å²) in [4.78, 5) is 12.2. The van der Waals surface area contributed by atoms with Crippen LogP contribution in [0.1, 0.15) is 33.3 Å². The van der Waals surface area contributed by atoms with Crippen LogP contribution < -0.4 is 10.0 Å². The Labute approximate surface area is 147 Å². The summed E-state index contributed by atoms with van der Waals surface area (Å²) in [6, 6.07) is 9.83. The number of hydrogen-bond donors (Lipinski definition) is 2. The van der Waals surface area contributed by atoms with Crippen molar-refractivity contribution in [2.45, 2.75) is 43.4 Å². The zero-order valence-corrected chi connectivity index (χ0v) is 15.8. The van der Waals surface area contributed by atoms with Crippen LogP contribution in [0.5, 0.6) is 0 Å². The summed E-state index contributed by atoms with van der Waals surface area (Å²) in [6.07, 6.45) is 0. The number of thiophene rings is 1. The van der Waals surface area contributed by atoms with Crippen LogP contribution in [0.4, 0.5) is 5.69 Å². The van der Waals surface area contributed by atoms with Crippen molar-refractivity contribution in [2.75, 3.05) is 5.32 Å². The number of benzene rings is 1. The number of carbonyl (C=O) groups is 1. The van der Waals surface area contributed by atoms with E-state index < -0.39 is 22.0 Å². The van der Waals surface area contributed by atoms with Crippen LogP contribution in [-0.2, 0) is 20.2 Å². The fraction of sp³-hybridized carbons (Fsp3) is 0.353. The molecule has 1 heterocycles. The normalized spacial score (nSPS) is 13.5. The van der Waals surface area contributed by atoms with Crippen molar-refractivity contribution in [3.63, 3.8) is 0 Å². The van der Waals surface area contributed by atoms with Gasteiger partial charge in [0.15, 0.2) is 0 Å². The summed E-state index contributed by atoms with van der Waals surface area (Å²) < 4.78 is 26.8. The fourth-order valence-corrected chi connectivity index (χ4v) is 4.28. The molecule has 1 aromatic carbocycles. The molecule has 0 aliphatic rings. The van der Waals surface area contributed by atoms with Gasteiger partial charge in [0, 0.05) is 5.69 Å². The minimum atomic E-state index is -3.67. The van der Waals surface area contributed by atoms with Crippen LogP contribution in [-0.4, -0.2) is 20.4 Å². The Hall–Kier alpha value is -1.70. The quantitative estimate of drug-likeness (QED) is 0.852. The molecule has 5 nitrogen and oxygen atoms in total. The van der Waals surface area contributed by atoms with E-state index in [1.54, 1.807) is 11.4 Å². The van der Waals surface area contributed by atoms with E-state index in [0.717, 1.165) is 16.9 Å². The minimum Gasteiger partial charge on any atom is -0.325 e. The Morgan fingerprint density at radius 2 is 1.75 bits per heavy atom. The minimum absolute atomic E-state index is 0.0339. The van der Waals surface area contributed by atoms with Crippen molar-refractivity contribution in [2.24, 2.45) is 0 Å². The first-order chi connectivity index (χ1) is 11.1. The molecule has 2 aromatic rings. The highest BCUT2D eigenvalue weighted by molar-refractivity contribution is 7.91. The van der Waals surface area contributed by atoms with E-state index in [2.05, 4.69) is 30.8 Å². The molecule has 0 bridgehead atoms. The maximum Gasteiger partial charge on any atom is 0.250 e. The number of anilines is 1. The zero-order chi connectivity index (χ0) is 18.0. The molecular weight excluding hydrogens is 344 g/mol. The molecule has 2 N–H and O–H groups in total. The number of rotatable bonds is 5. The number of nitrogens with one attached hydrogen (secondary N) is 2. The monoisotopic (exact) mass is 366 g/mol. The maximum atomic E-state index is 12.2. The number of amides is 1. The lowest BCUT2D eigenvalue weighted by atomic mass is 9.87. The predicted molar refractivity (Wildman–Crippen MR) is 97.9 cm³/mol. The third-order valence-electron chi connectivity index (χ3n) is 3.50. The van der Waals surface area contributed by atoms with E-state index in [1.165, 1.54) is 13.0 Å². The molecule has 0 spiro atoms. The third kappa shape index (κ3) is 4.66. The average molecular weight is 367 g/mol. The van der Waals surface area contributed by atoms with Gasteiger partial charge in [-0.3, -0.25) is 4.79 Å². The molecule has 0 fully saturated rings. The van der Waals surface area contributed by atoms with Crippen molar-refractivity contribution >= 4 is 33.0 Å². The Balaban J connectivity index is 2.02. The first-order valence-corrected chi connectivity index (χ1v) is 9.93. The van der Waals surface area contributed by atoms with Crippen LogP contribution in [0.15, 0.2) is 46.0 Å². The molecule has 0 radical (unpaired) electrons. The first kappa shape index (κ1) is 18.6. The van der Waals surface area contributed by atoms with Gasteiger partial charge in [0.05, 0.1) is 6.04 Å². The molecule has 1 unspecified atom stereocenters. The molecule has 0 aliphatic carbocycles. The SMILES string of the molecule is CC(NS(=O)(=O)c1cccs1)C(=O)Nc1ccc(C(C)(C)C)cc1. The second kappa shape index (κ2) is 7.04. The third-order valence-corrected chi connectivity index (χ3v) is 6.44. The molecule has 130 valence electrons. The van der Waals surface area contributed by atoms with Crippen molar-refractivity contribution in [3.05, 3.63) is 47.3 Å². The Kier molecular flexibility index (Phi) is 5.47. The van der Waals surface area contributed by atoms with Crippen LogP contribution in [0.3, 0.4) is 0 Å². The van der Waals surface area contributed by atoms with Gasteiger partial charge in [-0.2, -0.15) is 4.72 Å². The summed E-state index contributed by atoms with van der Waals surface area (Å²) in [5, 5.41) is 4.40. The second-order valence-electron chi connectivity index (χ2n) is 6.59. The lowest BCUT2D eigenvalue weighted by Crippen LogP contribution is -2.41. The van der Waals surface area contributed by atoms with E-state index in [9.17, 15) is 13.2 Å². The van der Waals surface area contributed by atoms with Gasteiger partial charge in [-0.1, -0.05) is 39.0 Å². The number of sulfonamides is 1. The number of carbonyl (C=O) groups excluding carboxylic acids is 1. The highest BCUT2D eigenvalue weighted by Gasteiger charge is 2.23. The van der Waals surface area contributed by atoms with Gasteiger partial charge in [-0.15, -0.1) is 11.3 Å². The van der Waals surface area contributed by atoms with Gasteiger partial charge in [0.2, 0.25) is 5.91 Å². The highest BCUT2D eigenvalue weighted by Crippen LogP contribution is 2.23. The highest BCUT2D eigenvalue weighted by atomic mass is 32.2. The molecule has 2 rings (SSSR count). The summed E-state index contributed by atoms with van der Waals surface area (Å²) in [5.74, 6) is -0.404. The van der Waals surface area contributed by atoms with Gasteiger partial charge in [0.25, 0.3) is 10.0 Å². The molecular formula is C17H22N2O3S2. The zero-order valence-electron chi connectivity index (χ0n) is 14.2. The molecule has 7 heteroatoms. The molecule has 1 amide bonds. The van der Waals surface area contributed by atoms with Gasteiger partial charge in [-0.25, -0.2) is 8.42 Å².